The number of carbonyl (C=O) groups is 2. The molecule has 0 saturated carbocycles. The summed E-state index contributed by atoms with van der Waals surface area (Å²) in [5, 5.41) is 6.10. The maximum Gasteiger partial charge on any atom is 0.242 e. The van der Waals surface area contributed by atoms with Crippen LogP contribution in [0.4, 0.5) is 0 Å². The first-order valence-corrected chi connectivity index (χ1v) is 9.66. The van der Waals surface area contributed by atoms with Gasteiger partial charge in [-0.3, -0.25) is 9.59 Å². The van der Waals surface area contributed by atoms with Crippen LogP contribution in [0.25, 0.3) is 0 Å². The zero-order valence-corrected chi connectivity index (χ0v) is 15.7. The second kappa shape index (κ2) is 10.9. The van der Waals surface area contributed by atoms with Gasteiger partial charge in [0.25, 0.3) is 0 Å². The molecule has 0 radical (unpaired) electrons. The molecule has 1 aromatic carbocycles. The van der Waals surface area contributed by atoms with Crippen LogP contribution in [0, 0.1) is 0 Å². The molecule has 2 atom stereocenters. The molecule has 0 unspecified atom stereocenters. The molecule has 6 heteroatoms. The van der Waals surface area contributed by atoms with Gasteiger partial charge in [0.15, 0.2) is 0 Å². The van der Waals surface area contributed by atoms with Crippen molar-refractivity contribution in [3.63, 3.8) is 0 Å². The van der Waals surface area contributed by atoms with Gasteiger partial charge in [0.2, 0.25) is 11.8 Å². The van der Waals surface area contributed by atoms with Crippen molar-refractivity contribution < 1.29 is 9.59 Å². The number of unbranched alkanes of at least 4 members (excludes halogenated alkanes) is 2. The van der Waals surface area contributed by atoms with Gasteiger partial charge >= 0.3 is 0 Å². The summed E-state index contributed by atoms with van der Waals surface area (Å²) in [5.74, 6) is -0.0182. The van der Waals surface area contributed by atoms with E-state index in [0.29, 0.717) is 26.1 Å². The summed E-state index contributed by atoms with van der Waals surface area (Å²) in [4.78, 5) is 27.2. The van der Waals surface area contributed by atoms with Crippen LogP contribution in [0.3, 0.4) is 0 Å². The Bertz CT molecular complexity index is 564. The van der Waals surface area contributed by atoms with Gasteiger partial charge in [-0.1, -0.05) is 36.8 Å². The van der Waals surface area contributed by atoms with Crippen molar-refractivity contribution >= 4 is 11.8 Å². The molecule has 26 heavy (non-hydrogen) atoms. The van der Waals surface area contributed by atoms with Gasteiger partial charge in [0.1, 0.15) is 6.04 Å². The van der Waals surface area contributed by atoms with Crippen LogP contribution < -0.4 is 16.4 Å². The van der Waals surface area contributed by atoms with Crippen LogP contribution in [0.2, 0.25) is 0 Å². The molecular formula is C20H32N4O2. The minimum atomic E-state index is -0.344. The van der Waals surface area contributed by atoms with Crippen LogP contribution in [0.5, 0.6) is 0 Å². The largest absolute Gasteiger partial charge is 0.354 e. The van der Waals surface area contributed by atoms with Crippen molar-refractivity contribution in [2.75, 3.05) is 26.7 Å². The van der Waals surface area contributed by atoms with E-state index in [9.17, 15) is 9.59 Å². The number of carbonyl (C=O) groups excluding carboxylic acids is 2. The van der Waals surface area contributed by atoms with Crippen LogP contribution in [0.1, 0.15) is 37.7 Å². The molecule has 4 N–H and O–H groups in total. The van der Waals surface area contributed by atoms with Gasteiger partial charge < -0.3 is 21.3 Å². The fraction of sp³-hybridized carbons (Fsp3) is 0.600. The summed E-state index contributed by atoms with van der Waals surface area (Å²) in [5.41, 5.74) is 6.59. The van der Waals surface area contributed by atoms with E-state index in [0.717, 1.165) is 37.7 Å². The molecule has 1 fully saturated rings. The molecule has 1 saturated heterocycles. The molecule has 2 amide bonds. The quantitative estimate of drug-likeness (QED) is 0.544. The van der Waals surface area contributed by atoms with E-state index in [4.69, 9.17) is 5.73 Å². The Hall–Kier alpha value is -1.92. The number of nitrogens with zero attached hydrogens (tertiary/aromatic N) is 1. The van der Waals surface area contributed by atoms with Crippen LogP contribution >= 0.6 is 0 Å². The topological polar surface area (TPSA) is 87.5 Å². The Balaban J connectivity index is 1.90. The molecule has 0 aliphatic carbocycles. The van der Waals surface area contributed by atoms with Gasteiger partial charge in [0.05, 0.1) is 6.04 Å². The molecule has 0 spiro atoms. The number of rotatable bonds is 10. The van der Waals surface area contributed by atoms with E-state index in [1.165, 1.54) is 0 Å². The van der Waals surface area contributed by atoms with E-state index in [1.54, 1.807) is 11.9 Å². The normalized spacial score (nSPS) is 17.9. The second-order valence-electron chi connectivity index (χ2n) is 6.86. The molecule has 1 aromatic rings. The molecule has 144 valence electrons. The molecule has 2 rings (SSSR count). The number of hydrogen-bond acceptors (Lipinski definition) is 4. The lowest BCUT2D eigenvalue weighted by Crippen LogP contribution is -2.52. The molecule has 1 aliphatic heterocycles. The first kappa shape index (κ1) is 20.4. The molecule has 1 aliphatic rings. The zero-order chi connectivity index (χ0) is 18.8. The van der Waals surface area contributed by atoms with Gasteiger partial charge in [-0.2, -0.15) is 0 Å². The van der Waals surface area contributed by atoms with E-state index >= 15 is 0 Å². The molecular weight excluding hydrogens is 328 g/mol. The summed E-state index contributed by atoms with van der Waals surface area (Å²) < 4.78 is 0. The summed E-state index contributed by atoms with van der Waals surface area (Å²) in [6.07, 6.45) is 5.16. The standard InChI is InChI=1S/C20H32N4O2/c1-22-17(15-16-9-4-2-5-10-16)20(26)24-14-8-11-18(24)19(25)23-13-7-3-6-12-21/h2,4-5,9-10,17-18,22H,3,6-8,11-15,21H2,1H3,(H,23,25)/t17-,18+/m1/s1. The SMILES string of the molecule is CN[C@H](Cc1ccccc1)C(=O)N1CCC[C@H]1C(=O)NCCCCCN. The summed E-state index contributed by atoms with van der Waals surface area (Å²) in [7, 11) is 1.80. The number of benzene rings is 1. The van der Waals surface area contributed by atoms with E-state index < -0.39 is 0 Å². The second-order valence-corrected chi connectivity index (χ2v) is 6.86. The lowest BCUT2D eigenvalue weighted by atomic mass is 10.0. The number of likely N-dealkylation sites (tertiary alicyclic amines) is 1. The van der Waals surface area contributed by atoms with Crippen molar-refractivity contribution in [3.8, 4) is 0 Å². The van der Waals surface area contributed by atoms with Gasteiger partial charge in [-0.15, -0.1) is 0 Å². The molecule has 0 aromatic heterocycles. The van der Waals surface area contributed by atoms with Crippen molar-refractivity contribution in [2.45, 2.75) is 50.6 Å². The summed E-state index contributed by atoms with van der Waals surface area (Å²) >= 11 is 0. The highest BCUT2D eigenvalue weighted by Gasteiger charge is 2.36. The summed E-state index contributed by atoms with van der Waals surface area (Å²) in [6.45, 7) is 1.99. The van der Waals surface area contributed by atoms with E-state index in [-0.39, 0.29) is 23.9 Å². The fourth-order valence-electron chi connectivity index (χ4n) is 3.44. The number of amides is 2. The molecule has 0 bridgehead atoms. The third kappa shape index (κ3) is 5.81. The Labute approximate surface area is 156 Å². The minimum absolute atomic E-state index is 0.0112. The van der Waals surface area contributed by atoms with Crippen molar-refractivity contribution in [1.29, 1.82) is 0 Å². The third-order valence-electron chi connectivity index (χ3n) is 4.95. The lowest BCUT2D eigenvalue weighted by Gasteiger charge is -2.28. The Morgan fingerprint density at radius 1 is 1.23 bits per heavy atom. The first-order valence-electron chi connectivity index (χ1n) is 9.66. The number of likely N-dealkylation sites (N-methyl/N-ethyl adjacent to an activating group) is 1. The highest BCUT2D eigenvalue weighted by molar-refractivity contribution is 5.90. The maximum absolute atomic E-state index is 13.0. The van der Waals surface area contributed by atoms with Crippen molar-refractivity contribution in [3.05, 3.63) is 35.9 Å². The fourth-order valence-corrected chi connectivity index (χ4v) is 3.44. The summed E-state index contributed by atoms with van der Waals surface area (Å²) in [6, 6.07) is 9.31. The Morgan fingerprint density at radius 2 is 2.00 bits per heavy atom. The van der Waals surface area contributed by atoms with Crippen molar-refractivity contribution in [1.82, 2.24) is 15.5 Å². The molecule has 1 heterocycles. The maximum atomic E-state index is 13.0. The molecule has 6 nitrogen and oxygen atoms in total. The average molecular weight is 361 g/mol. The monoisotopic (exact) mass is 360 g/mol. The lowest BCUT2D eigenvalue weighted by molar-refractivity contribution is -0.139. The van der Waals surface area contributed by atoms with E-state index in [2.05, 4.69) is 10.6 Å². The van der Waals surface area contributed by atoms with Gasteiger partial charge in [0, 0.05) is 13.1 Å². The zero-order valence-electron chi connectivity index (χ0n) is 15.7. The highest BCUT2D eigenvalue weighted by atomic mass is 16.2. The van der Waals surface area contributed by atoms with Crippen LogP contribution in [0.15, 0.2) is 30.3 Å². The highest BCUT2D eigenvalue weighted by Crippen LogP contribution is 2.19. The van der Waals surface area contributed by atoms with Crippen LogP contribution in [-0.2, 0) is 16.0 Å². The van der Waals surface area contributed by atoms with Gasteiger partial charge in [-0.05, 0) is 51.3 Å². The van der Waals surface area contributed by atoms with Crippen LogP contribution in [-0.4, -0.2) is 55.5 Å². The predicted octanol–water partition coefficient (Wildman–Crippen LogP) is 1.05. The average Bonchev–Trinajstić information content (AvgIpc) is 3.16. The Morgan fingerprint density at radius 3 is 2.69 bits per heavy atom. The van der Waals surface area contributed by atoms with Gasteiger partial charge in [-0.25, -0.2) is 0 Å². The number of nitrogens with one attached hydrogen (secondary N) is 2. The smallest absolute Gasteiger partial charge is 0.242 e. The Kier molecular flexibility index (Phi) is 8.58. The first-order chi connectivity index (χ1) is 12.7. The third-order valence-corrected chi connectivity index (χ3v) is 4.95. The predicted molar refractivity (Wildman–Crippen MR) is 104 cm³/mol. The van der Waals surface area contributed by atoms with E-state index in [1.807, 2.05) is 30.3 Å². The minimum Gasteiger partial charge on any atom is -0.354 e. The van der Waals surface area contributed by atoms with Crippen molar-refractivity contribution in [2.24, 2.45) is 5.73 Å². The number of nitrogens with two attached hydrogens (primary N) is 1. The number of hydrogen-bond donors (Lipinski definition) is 3.